The molecule has 0 saturated heterocycles. The van der Waals surface area contributed by atoms with Crippen molar-refractivity contribution in [2.45, 2.75) is 19.8 Å². The van der Waals surface area contributed by atoms with Crippen molar-refractivity contribution in [2.24, 2.45) is 0 Å². The van der Waals surface area contributed by atoms with Gasteiger partial charge in [-0.2, -0.15) is 0 Å². The van der Waals surface area contributed by atoms with Gasteiger partial charge >= 0.3 is 0 Å². The minimum atomic E-state index is -2.13. The van der Waals surface area contributed by atoms with Gasteiger partial charge in [0, 0.05) is 13.6 Å². The van der Waals surface area contributed by atoms with Crippen LogP contribution >= 0.6 is 0 Å². The Kier molecular flexibility index (Phi) is 4.31. The van der Waals surface area contributed by atoms with Gasteiger partial charge in [-0.05, 0) is 6.42 Å². The van der Waals surface area contributed by atoms with Gasteiger partial charge < -0.3 is 4.90 Å². The molecule has 0 spiro atoms. The van der Waals surface area contributed by atoms with Crippen LogP contribution in [0.15, 0.2) is 0 Å². The minimum absolute atomic E-state index is 0.217. The molecule has 0 saturated carbocycles. The van der Waals surface area contributed by atoms with E-state index in [9.17, 15) is 22.0 Å². The van der Waals surface area contributed by atoms with Crippen LogP contribution in [0, 0.1) is 29.1 Å². The maximum absolute atomic E-state index is 13.3. The fraction of sp³-hybridized carbons (Fsp3) is 0.455. The third-order valence-electron chi connectivity index (χ3n) is 2.42. The first-order valence-corrected chi connectivity index (χ1v) is 5.14. The molecular weight excluding hydrogens is 241 g/mol. The molecule has 1 aromatic rings. The van der Waals surface area contributed by atoms with Gasteiger partial charge in [0.1, 0.15) is 5.69 Å². The number of halogens is 5. The van der Waals surface area contributed by atoms with Crippen LogP contribution in [0.3, 0.4) is 0 Å². The number of hydrogen-bond donors (Lipinski definition) is 0. The Labute approximate surface area is 95.8 Å². The second-order valence-corrected chi connectivity index (χ2v) is 3.69. The van der Waals surface area contributed by atoms with Crippen LogP contribution in [0.1, 0.15) is 19.8 Å². The Hall–Kier alpha value is -1.33. The van der Waals surface area contributed by atoms with Crippen LogP contribution in [0.2, 0.25) is 0 Å². The summed E-state index contributed by atoms with van der Waals surface area (Å²) in [5.41, 5.74) is -0.880. The monoisotopic (exact) mass is 253 g/mol. The van der Waals surface area contributed by atoms with E-state index < -0.39 is 34.8 Å². The van der Waals surface area contributed by atoms with Gasteiger partial charge in [-0.3, -0.25) is 0 Å². The molecule has 0 atom stereocenters. The van der Waals surface area contributed by atoms with E-state index in [1.165, 1.54) is 7.05 Å². The highest BCUT2D eigenvalue weighted by Gasteiger charge is 2.27. The molecule has 96 valence electrons. The molecule has 1 rings (SSSR count). The Morgan fingerprint density at radius 3 is 1.65 bits per heavy atom. The SMILES string of the molecule is CCCCN(C)c1c(F)c(F)c(F)c(F)c1F. The highest BCUT2D eigenvalue weighted by molar-refractivity contribution is 5.49. The quantitative estimate of drug-likeness (QED) is 0.450. The van der Waals surface area contributed by atoms with Gasteiger partial charge in [-0.1, -0.05) is 13.3 Å². The zero-order valence-electron chi connectivity index (χ0n) is 9.46. The first-order chi connectivity index (χ1) is 7.91. The third kappa shape index (κ3) is 2.50. The van der Waals surface area contributed by atoms with Crippen molar-refractivity contribution in [3.63, 3.8) is 0 Å². The first kappa shape index (κ1) is 13.7. The molecule has 0 unspecified atom stereocenters. The summed E-state index contributed by atoms with van der Waals surface area (Å²) in [6, 6.07) is 0. The Bertz CT molecular complexity index is 390. The molecule has 0 N–H and O–H groups in total. The number of nitrogens with zero attached hydrogens (tertiary/aromatic N) is 1. The molecule has 0 aliphatic rings. The molecule has 0 radical (unpaired) electrons. The van der Waals surface area contributed by atoms with E-state index in [0.29, 0.717) is 6.42 Å². The van der Waals surface area contributed by atoms with Crippen molar-refractivity contribution in [1.29, 1.82) is 0 Å². The lowest BCUT2D eigenvalue weighted by Gasteiger charge is -2.20. The van der Waals surface area contributed by atoms with Crippen LogP contribution in [0.4, 0.5) is 27.6 Å². The van der Waals surface area contributed by atoms with Crippen LogP contribution in [0.25, 0.3) is 0 Å². The summed E-state index contributed by atoms with van der Waals surface area (Å²) < 4.78 is 65.2. The van der Waals surface area contributed by atoms with Crippen LogP contribution in [-0.2, 0) is 0 Å². The smallest absolute Gasteiger partial charge is 0.200 e. The number of hydrogen-bond acceptors (Lipinski definition) is 1. The maximum atomic E-state index is 13.3. The zero-order chi connectivity index (χ0) is 13.2. The number of benzene rings is 1. The van der Waals surface area contributed by atoms with Crippen LogP contribution in [0.5, 0.6) is 0 Å². The molecule has 0 aliphatic carbocycles. The van der Waals surface area contributed by atoms with E-state index in [-0.39, 0.29) is 6.54 Å². The van der Waals surface area contributed by atoms with Crippen molar-refractivity contribution < 1.29 is 22.0 Å². The number of unbranched alkanes of at least 4 members (excludes halogenated alkanes) is 1. The van der Waals surface area contributed by atoms with Gasteiger partial charge in [0.25, 0.3) is 0 Å². The van der Waals surface area contributed by atoms with Crippen LogP contribution < -0.4 is 4.90 Å². The number of rotatable bonds is 4. The predicted molar refractivity (Wildman–Crippen MR) is 54.4 cm³/mol. The lowest BCUT2D eigenvalue weighted by atomic mass is 10.2. The summed E-state index contributed by atoms with van der Waals surface area (Å²) in [7, 11) is 1.29. The highest BCUT2D eigenvalue weighted by atomic mass is 19.2. The first-order valence-electron chi connectivity index (χ1n) is 5.14. The molecule has 6 heteroatoms. The minimum Gasteiger partial charge on any atom is -0.370 e. The molecule has 1 nitrogen and oxygen atoms in total. The van der Waals surface area contributed by atoms with E-state index in [2.05, 4.69) is 0 Å². The summed E-state index contributed by atoms with van der Waals surface area (Å²) >= 11 is 0. The summed E-state index contributed by atoms with van der Waals surface area (Å²) in [6.07, 6.45) is 1.34. The van der Waals surface area contributed by atoms with Gasteiger partial charge in [0.2, 0.25) is 5.82 Å². The van der Waals surface area contributed by atoms with E-state index in [1.807, 2.05) is 6.92 Å². The lowest BCUT2D eigenvalue weighted by Crippen LogP contribution is -2.23. The normalized spacial score (nSPS) is 10.8. The predicted octanol–water partition coefficient (Wildman–Crippen LogP) is 3.62. The summed E-state index contributed by atoms with van der Waals surface area (Å²) in [5, 5.41) is 0. The molecule has 0 aromatic heterocycles. The number of anilines is 1. The van der Waals surface area contributed by atoms with Gasteiger partial charge in [-0.15, -0.1) is 0 Å². The van der Waals surface area contributed by atoms with Gasteiger partial charge in [0.15, 0.2) is 23.3 Å². The fourth-order valence-electron chi connectivity index (χ4n) is 1.44. The second kappa shape index (κ2) is 5.33. The Morgan fingerprint density at radius 1 is 0.824 bits per heavy atom. The summed E-state index contributed by atoms with van der Waals surface area (Å²) in [4.78, 5) is 1.03. The Morgan fingerprint density at radius 2 is 1.24 bits per heavy atom. The topological polar surface area (TPSA) is 3.24 Å². The van der Waals surface area contributed by atoms with E-state index in [4.69, 9.17) is 0 Å². The van der Waals surface area contributed by atoms with E-state index in [1.54, 1.807) is 0 Å². The fourth-order valence-corrected chi connectivity index (χ4v) is 1.44. The Balaban J connectivity index is 3.24. The van der Waals surface area contributed by atoms with Crippen molar-refractivity contribution in [3.05, 3.63) is 29.1 Å². The average Bonchev–Trinajstić information content (AvgIpc) is 2.31. The highest BCUT2D eigenvalue weighted by Crippen LogP contribution is 2.29. The third-order valence-corrected chi connectivity index (χ3v) is 2.42. The van der Waals surface area contributed by atoms with E-state index in [0.717, 1.165) is 11.3 Å². The van der Waals surface area contributed by atoms with Crippen molar-refractivity contribution in [3.8, 4) is 0 Å². The molecule has 0 aliphatic heterocycles. The molecular formula is C11H12F5N. The van der Waals surface area contributed by atoms with Gasteiger partial charge in [-0.25, -0.2) is 22.0 Å². The zero-order valence-corrected chi connectivity index (χ0v) is 9.46. The average molecular weight is 253 g/mol. The van der Waals surface area contributed by atoms with Crippen molar-refractivity contribution in [1.82, 2.24) is 0 Å². The van der Waals surface area contributed by atoms with Crippen LogP contribution in [-0.4, -0.2) is 13.6 Å². The van der Waals surface area contributed by atoms with E-state index >= 15 is 0 Å². The molecule has 0 fully saturated rings. The standard InChI is InChI=1S/C11H12F5N/c1-3-4-5-17(2)11-9(15)7(13)6(12)8(14)10(11)16/h3-5H2,1-2H3. The molecule has 0 heterocycles. The molecule has 0 amide bonds. The maximum Gasteiger partial charge on any atom is 0.200 e. The molecule has 1 aromatic carbocycles. The molecule has 0 bridgehead atoms. The summed E-state index contributed by atoms with van der Waals surface area (Å²) in [6.45, 7) is 2.07. The largest absolute Gasteiger partial charge is 0.370 e. The van der Waals surface area contributed by atoms with Crippen molar-refractivity contribution >= 4 is 5.69 Å². The lowest BCUT2D eigenvalue weighted by molar-refractivity contribution is 0.378. The molecule has 17 heavy (non-hydrogen) atoms. The van der Waals surface area contributed by atoms with Gasteiger partial charge in [0.05, 0.1) is 0 Å². The van der Waals surface area contributed by atoms with Crippen molar-refractivity contribution in [2.75, 3.05) is 18.5 Å². The second-order valence-electron chi connectivity index (χ2n) is 3.69. The summed E-state index contributed by atoms with van der Waals surface area (Å²) in [5.74, 6) is -9.54.